The third-order valence-corrected chi connectivity index (χ3v) is 6.53. The molecule has 0 N–H and O–H groups in total. The van der Waals surface area contributed by atoms with Gasteiger partial charge in [0, 0.05) is 49.3 Å². The Labute approximate surface area is 188 Å². The van der Waals surface area contributed by atoms with Crippen molar-refractivity contribution in [3.8, 4) is 11.3 Å². The minimum absolute atomic E-state index is 0.0184. The molecule has 2 aromatic heterocycles. The fraction of sp³-hybridized carbons (Fsp3) is 0.217. The summed E-state index contributed by atoms with van der Waals surface area (Å²) in [5.41, 5.74) is 1.04. The van der Waals surface area contributed by atoms with Gasteiger partial charge in [-0.25, -0.2) is 0 Å². The van der Waals surface area contributed by atoms with Crippen molar-refractivity contribution in [2.45, 2.75) is 6.92 Å². The maximum absolute atomic E-state index is 13.2. The van der Waals surface area contributed by atoms with E-state index < -0.39 is 4.92 Å². The molecule has 0 bridgehead atoms. The minimum Gasteiger partial charge on any atom is -0.461 e. The van der Waals surface area contributed by atoms with Gasteiger partial charge in [0.05, 0.1) is 15.2 Å². The molecule has 1 fully saturated rings. The molecule has 162 valence electrons. The third-order valence-electron chi connectivity index (χ3n) is 5.71. The molecule has 1 aliphatic rings. The number of nitro groups is 1. The number of benzene rings is 2. The number of nitrogens with zero attached hydrogens (tertiary/aromatic N) is 4. The number of hydrogen-bond acceptors (Lipinski definition) is 7. The molecule has 1 amide bonds. The SMILES string of the molecule is Cc1oc(-c2cccc([N+](=O)[O-])c2)cc1C(=O)N1CCN(c2nsc3ccccc23)CC1. The van der Waals surface area contributed by atoms with Crippen LogP contribution < -0.4 is 4.90 Å². The molecule has 1 saturated heterocycles. The molecule has 8 nitrogen and oxygen atoms in total. The van der Waals surface area contributed by atoms with Gasteiger partial charge in [-0.05, 0) is 36.7 Å². The lowest BCUT2D eigenvalue weighted by Gasteiger charge is -2.35. The maximum Gasteiger partial charge on any atom is 0.270 e. The van der Waals surface area contributed by atoms with Crippen LogP contribution in [0, 0.1) is 17.0 Å². The number of carbonyl (C=O) groups is 1. The summed E-state index contributed by atoms with van der Waals surface area (Å²) in [6.07, 6.45) is 0. The molecule has 4 aromatic rings. The molecule has 1 aliphatic heterocycles. The molecule has 0 atom stereocenters. The quantitative estimate of drug-likeness (QED) is 0.331. The summed E-state index contributed by atoms with van der Waals surface area (Å²) in [7, 11) is 0. The number of furan rings is 1. The van der Waals surface area contributed by atoms with E-state index in [1.54, 1.807) is 25.1 Å². The number of anilines is 1. The van der Waals surface area contributed by atoms with E-state index in [2.05, 4.69) is 21.4 Å². The molecular weight excluding hydrogens is 428 g/mol. The summed E-state index contributed by atoms with van der Waals surface area (Å²) in [5.74, 6) is 1.84. The Kier molecular flexibility index (Phi) is 5.10. The van der Waals surface area contributed by atoms with Crippen LogP contribution in [0.15, 0.2) is 59.0 Å². The van der Waals surface area contributed by atoms with Crippen molar-refractivity contribution in [3.05, 3.63) is 76.0 Å². The van der Waals surface area contributed by atoms with E-state index >= 15 is 0 Å². The summed E-state index contributed by atoms with van der Waals surface area (Å²) < 4.78 is 11.6. The lowest BCUT2D eigenvalue weighted by molar-refractivity contribution is -0.384. The monoisotopic (exact) mass is 448 g/mol. The second-order valence-electron chi connectivity index (χ2n) is 7.67. The zero-order chi connectivity index (χ0) is 22.2. The Balaban J connectivity index is 1.31. The smallest absolute Gasteiger partial charge is 0.270 e. The molecule has 0 unspecified atom stereocenters. The highest BCUT2D eigenvalue weighted by Gasteiger charge is 2.27. The van der Waals surface area contributed by atoms with Crippen LogP contribution in [0.25, 0.3) is 21.4 Å². The standard InChI is InChI=1S/C23H20N4O4S/c1-15-19(14-20(31-15)16-5-4-6-17(13-16)27(29)30)23(28)26-11-9-25(10-12-26)22-18-7-2-3-8-21(18)32-24-22/h2-8,13-14H,9-12H2,1H3. The minimum atomic E-state index is -0.448. The largest absolute Gasteiger partial charge is 0.461 e. The Hall–Kier alpha value is -3.72. The van der Waals surface area contributed by atoms with Crippen LogP contribution in [0.2, 0.25) is 0 Å². The first-order valence-electron chi connectivity index (χ1n) is 10.2. The number of carbonyl (C=O) groups excluding carboxylic acids is 1. The van der Waals surface area contributed by atoms with Gasteiger partial charge in [-0.2, -0.15) is 4.37 Å². The van der Waals surface area contributed by atoms with Crippen molar-refractivity contribution in [1.82, 2.24) is 9.27 Å². The Morgan fingerprint density at radius 3 is 2.66 bits per heavy atom. The van der Waals surface area contributed by atoms with Gasteiger partial charge in [0.25, 0.3) is 11.6 Å². The number of non-ortho nitro benzene ring substituents is 1. The van der Waals surface area contributed by atoms with Crippen molar-refractivity contribution in [2.24, 2.45) is 0 Å². The van der Waals surface area contributed by atoms with E-state index in [1.807, 2.05) is 17.0 Å². The molecule has 0 saturated carbocycles. The highest BCUT2D eigenvalue weighted by atomic mass is 32.1. The molecule has 2 aromatic carbocycles. The van der Waals surface area contributed by atoms with Crippen LogP contribution in [0.3, 0.4) is 0 Å². The van der Waals surface area contributed by atoms with Gasteiger partial charge in [0.15, 0.2) is 0 Å². The topological polar surface area (TPSA) is 92.7 Å². The zero-order valence-electron chi connectivity index (χ0n) is 17.4. The van der Waals surface area contributed by atoms with E-state index in [1.165, 1.54) is 23.7 Å². The number of nitro benzene ring substituents is 1. The Morgan fingerprint density at radius 2 is 1.88 bits per heavy atom. The van der Waals surface area contributed by atoms with Gasteiger partial charge in [-0.3, -0.25) is 14.9 Å². The van der Waals surface area contributed by atoms with E-state index in [-0.39, 0.29) is 11.6 Å². The van der Waals surface area contributed by atoms with Crippen molar-refractivity contribution in [3.63, 3.8) is 0 Å². The molecule has 5 rings (SSSR count). The average Bonchev–Trinajstić information content (AvgIpc) is 3.42. The molecule has 0 spiro atoms. The summed E-state index contributed by atoms with van der Waals surface area (Å²) in [4.78, 5) is 27.8. The lowest BCUT2D eigenvalue weighted by Crippen LogP contribution is -2.49. The van der Waals surface area contributed by atoms with E-state index in [9.17, 15) is 14.9 Å². The van der Waals surface area contributed by atoms with E-state index in [0.717, 1.165) is 15.9 Å². The highest BCUT2D eigenvalue weighted by molar-refractivity contribution is 7.13. The summed E-state index contributed by atoms with van der Waals surface area (Å²) in [6, 6.07) is 16.1. The number of piperazine rings is 1. The number of fused-ring (bicyclic) bond motifs is 1. The van der Waals surface area contributed by atoms with Gasteiger partial charge >= 0.3 is 0 Å². The van der Waals surface area contributed by atoms with Gasteiger partial charge < -0.3 is 14.2 Å². The maximum atomic E-state index is 13.2. The van der Waals surface area contributed by atoms with Crippen LogP contribution in [0.4, 0.5) is 11.5 Å². The predicted octanol–water partition coefficient (Wildman–Crippen LogP) is 4.74. The fourth-order valence-corrected chi connectivity index (χ4v) is 4.80. The van der Waals surface area contributed by atoms with Gasteiger partial charge in [0.1, 0.15) is 17.3 Å². The van der Waals surface area contributed by atoms with Crippen LogP contribution in [-0.4, -0.2) is 46.3 Å². The van der Waals surface area contributed by atoms with Gasteiger partial charge in [0.2, 0.25) is 0 Å². The molecular formula is C23H20N4O4S. The van der Waals surface area contributed by atoms with Gasteiger partial charge in [-0.1, -0.05) is 24.3 Å². The van der Waals surface area contributed by atoms with Crippen LogP contribution in [-0.2, 0) is 0 Å². The Bertz CT molecular complexity index is 1320. The fourth-order valence-electron chi connectivity index (χ4n) is 4.00. The molecule has 9 heteroatoms. The van der Waals surface area contributed by atoms with Crippen LogP contribution in [0.1, 0.15) is 16.1 Å². The second kappa shape index (κ2) is 8.08. The third kappa shape index (κ3) is 3.60. The van der Waals surface area contributed by atoms with Crippen LogP contribution in [0.5, 0.6) is 0 Å². The number of aromatic nitrogens is 1. The summed E-state index contributed by atoms with van der Waals surface area (Å²) in [6.45, 7) is 4.32. The Morgan fingerprint density at radius 1 is 1.09 bits per heavy atom. The molecule has 0 radical (unpaired) electrons. The molecule has 3 heterocycles. The first kappa shape index (κ1) is 20.2. The van der Waals surface area contributed by atoms with Crippen molar-refractivity contribution < 1.29 is 14.1 Å². The van der Waals surface area contributed by atoms with E-state index in [4.69, 9.17) is 4.42 Å². The lowest BCUT2D eigenvalue weighted by atomic mass is 10.1. The second-order valence-corrected chi connectivity index (χ2v) is 8.47. The predicted molar refractivity (Wildman–Crippen MR) is 123 cm³/mol. The van der Waals surface area contributed by atoms with E-state index in [0.29, 0.717) is 48.8 Å². The number of amides is 1. The number of aryl methyl sites for hydroxylation is 1. The van der Waals surface area contributed by atoms with Crippen LogP contribution >= 0.6 is 11.5 Å². The number of rotatable bonds is 4. The van der Waals surface area contributed by atoms with Gasteiger partial charge in [-0.15, -0.1) is 0 Å². The normalized spacial score (nSPS) is 14.2. The zero-order valence-corrected chi connectivity index (χ0v) is 18.2. The average molecular weight is 449 g/mol. The molecule has 32 heavy (non-hydrogen) atoms. The molecule has 0 aliphatic carbocycles. The summed E-state index contributed by atoms with van der Waals surface area (Å²) >= 11 is 1.49. The number of hydrogen-bond donors (Lipinski definition) is 0. The van der Waals surface area contributed by atoms with Crippen molar-refractivity contribution >= 4 is 39.0 Å². The first-order chi connectivity index (χ1) is 15.5. The first-order valence-corrected chi connectivity index (χ1v) is 11.0. The van der Waals surface area contributed by atoms with Crippen molar-refractivity contribution in [1.29, 1.82) is 0 Å². The summed E-state index contributed by atoms with van der Waals surface area (Å²) in [5, 5.41) is 12.2. The highest BCUT2D eigenvalue weighted by Crippen LogP contribution is 2.31. The van der Waals surface area contributed by atoms with Crippen molar-refractivity contribution in [2.75, 3.05) is 31.1 Å².